The van der Waals surface area contributed by atoms with E-state index in [1.807, 2.05) is 0 Å². The maximum absolute atomic E-state index is 11.2. The van der Waals surface area contributed by atoms with E-state index in [0.717, 1.165) is 12.7 Å². The zero-order chi connectivity index (χ0) is 8.72. The van der Waals surface area contributed by atoms with Crippen LogP contribution in [0.2, 0.25) is 0 Å². The zero-order valence-corrected chi connectivity index (χ0v) is 7.07. The molecule has 0 radical (unpaired) electrons. The molecule has 0 aromatic carbocycles. The topological polar surface area (TPSA) is 34.1 Å². The fourth-order valence-corrected chi connectivity index (χ4v) is 2.62. The van der Waals surface area contributed by atoms with Gasteiger partial charge < -0.3 is 4.79 Å². The van der Waals surface area contributed by atoms with Gasteiger partial charge in [-0.15, -0.1) is 0 Å². The second-order valence-electron chi connectivity index (χ2n) is 3.80. The lowest BCUT2D eigenvalue weighted by Crippen LogP contribution is -2.26. The van der Waals surface area contributed by atoms with Gasteiger partial charge in [-0.1, -0.05) is 12.2 Å². The number of aldehydes is 1. The van der Waals surface area contributed by atoms with Crippen molar-refractivity contribution in [3.63, 3.8) is 0 Å². The number of ketones is 1. The molecule has 2 aliphatic rings. The quantitative estimate of drug-likeness (QED) is 0.454. The van der Waals surface area contributed by atoms with E-state index >= 15 is 0 Å². The van der Waals surface area contributed by atoms with Crippen molar-refractivity contribution in [2.45, 2.75) is 13.3 Å². The van der Waals surface area contributed by atoms with Crippen LogP contribution in [-0.2, 0) is 9.59 Å². The van der Waals surface area contributed by atoms with Gasteiger partial charge in [0.25, 0.3) is 0 Å². The predicted molar refractivity (Wildman–Crippen MR) is 44.5 cm³/mol. The molecule has 2 rings (SSSR count). The lowest BCUT2D eigenvalue weighted by Gasteiger charge is -2.20. The van der Waals surface area contributed by atoms with E-state index in [4.69, 9.17) is 0 Å². The molecule has 0 heterocycles. The van der Waals surface area contributed by atoms with Crippen LogP contribution in [-0.4, -0.2) is 12.1 Å². The summed E-state index contributed by atoms with van der Waals surface area (Å²) < 4.78 is 0. The van der Waals surface area contributed by atoms with Crippen molar-refractivity contribution in [1.29, 1.82) is 0 Å². The van der Waals surface area contributed by atoms with Crippen molar-refractivity contribution in [2.24, 2.45) is 23.7 Å². The van der Waals surface area contributed by atoms with Crippen LogP contribution < -0.4 is 0 Å². The van der Waals surface area contributed by atoms with Gasteiger partial charge in [0.05, 0.1) is 0 Å². The Morgan fingerprint density at radius 2 is 2.08 bits per heavy atom. The van der Waals surface area contributed by atoms with E-state index in [0.29, 0.717) is 11.8 Å². The van der Waals surface area contributed by atoms with Crippen molar-refractivity contribution in [3.05, 3.63) is 12.2 Å². The van der Waals surface area contributed by atoms with Gasteiger partial charge in [0.15, 0.2) is 0 Å². The number of rotatable bonds is 2. The van der Waals surface area contributed by atoms with Gasteiger partial charge in [-0.25, -0.2) is 0 Å². The van der Waals surface area contributed by atoms with Crippen molar-refractivity contribution >= 4 is 12.1 Å². The Morgan fingerprint density at radius 3 is 2.58 bits per heavy atom. The molecule has 2 nitrogen and oxygen atoms in total. The minimum atomic E-state index is -0.0301. The molecule has 2 aliphatic carbocycles. The van der Waals surface area contributed by atoms with Gasteiger partial charge in [0.1, 0.15) is 12.1 Å². The number of carbonyl (C=O) groups excluding carboxylic acids is 2. The highest BCUT2D eigenvalue weighted by Gasteiger charge is 2.46. The number of allylic oxidation sites excluding steroid dienone is 2. The van der Waals surface area contributed by atoms with E-state index in [9.17, 15) is 9.59 Å². The lowest BCUT2D eigenvalue weighted by atomic mass is 9.82. The van der Waals surface area contributed by atoms with Crippen LogP contribution in [0.1, 0.15) is 13.3 Å². The Hall–Kier alpha value is -0.920. The Labute approximate surface area is 71.6 Å². The molecule has 0 amide bonds. The summed E-state index contributed by atoms with van der Waals surface area (Å²) in [6, 6.07) is 0. The molecule has 0 unspecified atom stereocenters. The molecule has 1 saturated carbocycles. The van der Waals surface area contributed by atoms with Crippen molar-refractivity contribution < 1.29 is 9.59 Å². The first-order chi connectivity index (χ1) is 5.74. The maximum Gasteiger partial charge on any atom is 0.134 e. The molecule has 0 N–H and O–H groups in total. The number of hydrogen-bond acceptors (Lipinski definition) is 2. The monoisotopic (exact) mass is 164 g/mol. The van der Waals surface area contributed by atoms with E-state index in [1.54, 1.807) is 6.92 Å². The van der Waals surface area contributed by atoms with E-state index in [2.05, 4.69) is 12.2 Å². The second kappa shape index (κ2) is 2.54. The Balaban J connectivity index is 2.28. The molecular weight excluding hydrogens is 152 g/mol. The minimum Gasteiger partial charge on any atom is -0.303 e. The Kier molecular flexibility index (Phi) is 1.63. The molecule has 0 aromatic heterocycles. The number of Topliss-reactive ketones (excluding diaryl/α,β-unsaturated/α-hetero) is 1. The maximum atomic E-state index is 11.2. The molecule has 12 heavy (non-hydrogen) atoms. The Morgan fingerprint density at radius 1 is 1.42 bits per heavy atom. The van der Waals surface area contributed by atoms with Crippen LogP contribution in [0, 0.1) is 23.7 Å². The number of carbonyl (C=O) groups is 2. The van der Waals surface area contributed by atoms with Crippen molar-refractivity contribution in [1.82, 2.24) is 0 Å². The summed E-state index contributed by atoms with van der Waals surface area (Å²) in [5.41, 5.74) is 0. The molecule has 64 valence electrons. The summed E-state index contributed by atoms with van der Waals surface area (Å²) in [6.07, 6.45) is 6.15. The minimum absolute atomic E-state index is 0.0162. The van der Waals surface area contributed by atoms with Gasteiger partial charge in [-0.3, -0.25) is 4.79 Å². The summed E-state index contributed by atoms with van der Waals surface area (Å²) in [4.78, 5) is 21.9. The first kappa shape index (κ1) is 7.71. The van der Waals surface area contributed by atoms with Crippen LogP contribution in [0.5, 0.6) is 0 Å². The molecule has 2 heteroatoms. The highest BCUT2D eigenvalue weighted by molar-refractivity contribution is 5.83. The van der Waals surface area contributed by atoms with Crippen LogP contribution in [0.15, 0.2) is 12.2 Å². The summed E-state index contributed by atoms with van der Waals surface area (Å²) in [5, 5.41) is 0. The molecule has 2 bridgehead atoms. The van der Waals surface area contributed by atoms with Gasteiger partial charge in [-0.2, -0.15) is 0 Å². The highest BCUT2D eigenvalue weighted by Crippen LogP contribution is 2.47. The summed E-state index contributed by atoms with van der Waals surface area (Å²) >= 11 is 0. The van der Waals surface area contributed by atoms with Crippen LogP contribution in [0.4, 0.5) is 0 Å². The molecule has 0 saturated heterocycles. The largest absolute Gasteiger partial charge is 0.303 e. The molecule has 0 spiro atoms. The zero-order valence-electron chi connectivity index (χ0n) is 7.07. The van der Waals surface area contributed by atoms with Gasteiger partial charge >= 0.3 is 0 Å². The first-order valence-electron chi connectivity index (χ1n) is 4.38. The SMILES string of the molecule is CC(=O)[C@@H]1[C@H](C=O)[C@@H]2C=C[C@H]1C2. The molecule has 0 aromatic rings. The van der Waals surface area contributed by atoms with Gasteiger partial charge in [0, 0.05) is 11.8 Å². The average molecular weight is 164 g/mol. The van der Waals surface area contributed by atoms with Crippen molar-refractivity contribution in [2.75, 3.05) is 0 Å². The van der Waals surface area contributed by atoms with Gasteiger partial charge in [-0.05, 0) is 25.2 Å². The molecule has 0 aliphatic heterocycles. The summed E-state index contributed by atoms with van der Waals surface area (Å²) in [5.74, 6) is 0.822. The molecule has 1 fully saturated rings. The Bertz CT molecular complexity index is 255. The molecular formula is C10H12O2. The van der Waals surface area contributed by atoms with Crippen LogP contribution >= 0.6 is 0 Å². The van der Waals surface area contributed by atoms with E-state index in [-0.39, 0.29) is 17.6 Å². The summed E-state index contributed by atoms with van der Waals surface area (Å²) in [7, 11) is 0. The average Bonchev–Trinajstić information content (AvgIpc) is 2.60. The fraction of sp³-hybridized carbons (Fsp3) is 0.600. The summed E-state index contributed by atoms with van der Waals surface area (Å²) in [6.45, 7) is 1.59. The number of fused-ring (bicyclic) bond motifs is 2. The van der Waals surface area contributed by atoms with Crippen LogP contribution in [0.25, 0.3) is 0 Å². The first-order valence-corrected chi connectivity index (χ1v) is 4.38. The normalized spacial score (nSPS) is 43.4. The number of hydrogen-bond donors (Lipinski definition) is 0. The van der Waals surface area contributed by atoms with Crippen molar-refractivity contribution in [3.8, 4) is 0 Å². The standard InChI is InChI=1S/C10H12O2/c1-6(12)10-8-3-2-7(4-8)9(10)5-11/h2-3,5,7-10H,4H2,1H3/t7-,8+,9-,10+/m1/s1. The smallest absolute Gasteiger partial charge is 0.134 e. The van der Waals surface area contributed by atoms with Gasteiger partial charge in [0.2, 0.25) is 0 Å². The molecule has 4 atom stereocenters. The lowest BCUT2D eigenvalue weighted by molar-refractivity contribution is -0.126. The fourth-order valence-electron chi connectivity index (χ4n) is 2.62. The second-order valence-corrected chi connectivity index (χ2v) is 3.80. The third-order valence-electron chi connectivity index (χ3n) is 3.15. The third-order valence-corrected chi connectivity index (χ3v) is 3.15. The third kappa shape index (κ3) is 0.872. The van der Waals surface area contributed by atoms with Crippen LogP contribution in [0.3, 0.4) is 0 Å². The highest BCUT2D eigenvalue weighted by atomic mass is 16.1. The predicted octanol–water partition coefficient (Wildman–Crippen LogP) is 1.21. The van der Waals surface area contributed by atoms with E-state index < -0.39 is 0 Å². The van der Waals surface area contributed by atoms with E-state index in [1.165, 1.54) is 0 Å².